The molecule has 0 aliphatic heterocycles. The molecule has 4 nitrogen and oxygen atoms in total. The third kappa shape index (κ3) is 3.42. The van der Waals surface area contributed by atoms with Crippen molar-refractivity contribution in [1.82, 2.24) is 4.90 Å². The quantitative estimate of drug-likeness (QED) is 0.356. The molecule has 1 aromatic rings. The summed E-state index contributed by atoms with van der Waals surface area (Å²) in [5.41, 5.74) is 6.83. The molecule has 0 fully saturated rings. The van der Waals surface area contributed by atoms with Crippen LogP contribution in [-0.4, -0.2) is 29.0 Å². The molecule has 0 aromatic heterocycles. The van der Waals surface area contributed by atoms with Crippen molar-refractivity contribution in [3.8, 4) is 0 Å². The van der Waals surface area contributed by atoms with Crippen LogP contribution in [0.1, 0.15) is 25.0 Å². The van der Waals surface area contributed by atoms with Gasteiger partial charge in [-0.25, -0.2) is 4.39 Å². The molecule has 0 aliphatic rings. The molecule has 1 rings (SSSR count). The van der Waals surface area contributed by atoms with E-state index in [1.54, 1.807) is 6.07 Å². The summed E-state index contributed by atoms with van der Waals surface area (Å²) in [5.74, 6) is -0.457. The van der Waals surface area contributed by atoms with Gasteiger partial charge in [-0.05, 0) is 30.8 Å². The summed E-state index contributed by atoms with van der Waals surface area (Å²) in [6.07, 6.45) is 0. The highest BCUT2D eigenvalue weighted by Crippen LogP contribution is 2.13. The molecule has 5 heteroatoms. The Bertz CT molecular complexity index is 403. The van der Waals surface area contributed by atoms with E-state index in [2.05, 4.69) is 23.9 Å². The lowest BCUT2D eigenvalue weighted by Crippen LogP contribution is -2.25. The fourth-order valence-corrected chi connectivity index (χ4v) is 1.67. The van der Waals surface area contributed by atoms with Gasteiger partial charge in [0, 0.05) is 12.1 Å². The molecule has 0 heterocycles. The van der Waals surface area contributed by atoms with E-state index in [1.165, 1.54) is 12.1 Å². The van der Waals surface area contributed by atoms with Crippen molar-refractivity contribution in [2.75, 3.05) is 13.1 Å². The molecule has 0 saturated heterocycles. The van der Waals surface area contributed by atoms with Crippen molar-refractivity contribution >= 4 is 5.84 Å². The monoisotopic (exact) mass is 239 g/mol. The lowest BCUT2D eigenvalue weighted by atomic mass is 10.1. The number of nitrogens with zero attached hydrogens (tertiary/aromatic N) is 2. The highest BCUT2D eigenvalue weighted by molar-refractivity contribution is 5.98. The summed E-state index contributed by atoms with van der Waals surface area (Å²) < 4.78 is 13.1. The normalized spacial score (nSPS) is 12.1. The Hall–Kier alpha value is -1.62. The van der Waals surface area contributed by atoms with Crippen LogP contribution in [-0.2, 0) is 6.54 Å². The Labute approximate surface area is 101 Å². The molecule has 3 N–H and O–H groups in total. The van der Waals surface area contributed by atoms with Gasteiger partial charge in [0.1, 0.15) is 5.82 Å². The minimum absolute atomic E-state index is 0.0633. The summed E-state index contributed by atoms with van der Waals surface area (Å²) in [4.78, 5) is 2.17. The molecular weight excluding hydrogens is 221 g/mol. The Morgan fingerprint density at radius 1 is 1.41 bits per heavy atom. The van der Waals surface area contributed by atoms with Crippen LogP contribution in [0, 0.1) is 5.82 Å². The molecule has 0 radical (unpaired) electrons. The van der Waals surface area contributed by atoms with E-state index >= 15 is 0 Å². The number of hydrogen-bond donors (Lipinski definition) is 2. The van der Waals surface area contributed by atoms with Crippen molar-refractivity contribution in [2.24, 2.45) is 10.9 Å². The number of nitrogens with two attached hydrogens (primary N) is 1. The smallest absolute Gasteiger partial charge is 0.170 e. The van der Waals surface area contributed by atoms with Gasteiger partial charge in [0.15, 0.2) is 5.84 Å². The first-order chi connectivity index (χ1) is 8.12. The molecule has 0 bridgehead atoms. The van der Waals surface area contributed by atoms with E-state index in [4.69, 9.17) is 10.9 Å². The van der Waals surface area contributed by atoms with E-state index in [0.29, 0.717) is 12.1 Å². The van der Waals surface area contributed by atoms with Gasteiger partial charge in [-0.15, -0.1) is 0 Å². The number of hydrogen-bond acceptors (Lipinski definition) is 3. The Balaban J connectivity index is 3.06. The molecule has 0 amide bonds. The van der Waals surface area contributed by atoms with E-state index in [9.17, 15) is 4.39 Å². The lowest BCUT2D eigenvalue weighted by Gasteiger charge is -2.19. The van der Waals surface area contributed by atoms with Crippen LogP contribution in [0.15, 0.2) is 23.4 Å². The van der Waals surface area contributed by atoms with Crippen LogP contribution in [0.3, 0.4) is 0 Å². The summed E-state index contributed by atoms with van der Waals surface area (Å²) in [7, 11) is 0. The number of halogens is 1. The second-order valence-electron chi connectivity index (χ2n) is 3.75. The molecule has 1 aromatic carbocycles. The first-order valence-electron chi connectivity index (χ1n) is 5.61. The standard InChI is InChI=1S/C12H18FN3O/c1-3-16(4-2)8-9-5-6-10(13)7-11(9)12(14)15-17/h5-7,17H,3-4,8H2,1-2H3,(H2,14,15). The topological polar surface area (TPSA) is 61.8 Å². The Morgan fingerprint density at radius 2 is 2.06 bits per heavy atom. The number of benzene rings is 1. The molecule has 0 atom stereocenters. The van der Waals surface area contributed by atoms with Gasteiger partial charge in [-0.2, -0.15) is 0 Å². The van der Waals surface area contributed by atoms with Crippen LogP contribution >= 0.6 is 0 Å². The van der Waals surface area contributed by atoms with E-state index in [-0.39, 0.29) is 5.84 Å². The zero-order chi connectivity index (χ0) is 12.8. The average Bonchev–Trinajstić information content (AvgIpc) is 2.36. The molecular formula is C12H18FN3O. The SMILES string of the molecule is CCN(CC)Cc1ccc(F)cc1C(N)=NO. The van der Waals surface area contributed by atoms with E-state index < -0.39 is 5.82 Å². The van der Waals surface area contributed by atoms with Crippen molar-refractivity contribution < 1.29 is 9.60 Å². The van der Waals surface area contributed by atoms with Gasteiger partial charge >= 0.3 is 0 Å². The van der Waals surface area contributed by atoms with E-state index in [1.807, 2.05) is 0 Å². The van der Waals surface area contributed by atoms with Crippen LogP contribution in [0.4, 0.5) is 4.39 Å². The molecule has 0 aliphatic carbocycles. The minimum Gasteiger partial charge on any atom is -0.409 e. The average molecular weight is 239 g/mol. The Morgan fingerprint density at radius 3 is 2.59 bits per heavy atom. The van der Waals surface area contributed by atoms with E-state index in [0.717, 1.165) is 18.7 Å². The van der Waals surface area contributed by atoms with Crippen molar-refractivity contribution in [2.45, 2.75) is 20.4 Å². The van der Waals surface area contributed by atoms with Crippen molar-refractivity contribution in [3.05, 3.63) is 35.1 Å². The lowest BCUT2D eigenvalue weighted by molar-refractivity contribution is 0.295. The fourth-order valence-electron chi connectivity index (χ4n) is 1.67. The number of oxime groups is 1. The van der Waals surface area contributed by atoms with Gasteiger partial charge in [-0.3, -0.25) is 4.90 Å². The summed E-state index contributed by atoms with van der Waals surface area (Å²) in [6, 6.07) is 4.34. The molecule has 0 spiro atoms. The predicted octanol–water partition coefficient (Wildman–Crippen LogP) is 1.76. The third-order valence-corrected chi connectivity index (χ3v) is 2.74. The molecule has 0 unspecified atom stereocenters. The number of rotatable bonds is 5. The maximum Gasteiger partial charge on any atom is 0.170 e. The second kappa shape index (κ2) is 6.20. The first kappa shape index (κ1) is 13.4. The molecule has 94 valence electrons. The fraction of sp³-hybridized carbons (Fsp3) is 0.417. The summed E-state index contributed by atoms with van der Waals surface area (Å²) >= 11 is 0. The van der Waals surface area contributed by atoms with Gasteiger partial charge in [0.05, 0.1) is 0 Å². The van der Waals surface area contributed by atoms with Crippen LogP contribution < -0.4 is 5.73 Å². The predicted molar refractivity (Wildman–Crippen MR) is 65.5 cm³/mol. The van der Waals surface area contributed by atoms with Gasteiger partial charge < -0.3 is 10.9 Å². The largest absolute Gasteiger partial charge is 0.409 e. The van der Waals surface area contributed by atoms with Crippen LogP contribution in [0.2, 0.25) is 0 Å². The molecule has 0 saturated carbocycles. The molecule has 17 heavy (non-hydrogen) atoms. The van der Waals surface area contributed by atoms with Gasteiger partial charge in [0.25, 0.3) is 0 Å². The highest BCUT2D eigenvalue weighted by Gasteiger charge is 2.11. The minimum atomic E-state index is -0.394. The van der Waals surface area contributed by atoms with Gasteiger partial charge in [-0.1, -0.05) is 25.1 Å². The first-order valence-corrected chi connectivity index (χ1v) is 5.61. The highest BCUT2D eigenvalue weighted by atomic mass is 19.1. The second-order valence-corrected chi connectivity index (χ2v) is 3.75. The van der Waals surface area contributed by atoms with Crippen molar-refractivity contribution in [3.63, 3.8) is 0 Å². The van der Waals surface area contributed by atoms with Crippen molar-refractivity contribution in [1.29, 1.82) is 0 Å². The zero-order valence-electron chi connectivity index (χ0n) is 10.2. The Kier molecular flexibility index (Phi) is 4.90. The van der Waals surface area contributed by atoms with Gasteiger partial charge in [0.2, 0.25) is 0 Å². The summed E-state index contributed by atoms with van der Waals surface area (Å²) in [5, 5.41) is 11.6. The maximum absolute atomic E-state index is 13.1. The maximum atomic E-state index is 13.1. The number of amidine groups is 1. The van der Waals surface area contributed by atoms with Crippen LogP contribution in [0.25, 0.3) is 0 Å². The van der Waals surface area contributed by atoms with Crippen LogP contribution in [0.5, 0.6) is 0 Å². The zero-order valence-corrected chi connectivity index (χ0v) is 10.2. The summed E-state index contributed by atoms with van der Waals surface area (Å²) in [6.45, 7) is 6.54. The third-order valence-electron chi connectivity index (χ3n) is 2.74.